The number of benzene rings is 4. The van der Waals surface area contributed by atoms with Gasteiger partial charge in [0.2, 0.25) is 0 Å². The van der Waals surface area contributed by atoms with Crippen LogP contribution in [-0.4, -0.2) is 25.2 Å². The number of ether oxygens (including phenoxy) is 3. The normalized spacial score (nSPS) is 10.9. The number of rotatable bonds is 14. The molecule has 0 saturated heterocycles. The molecule has 214 valence electrons. The van der Waals surface area contributed by atoms with Gasteiger partial charge in [0.25, 0.3) is 0 Å². The molecule has 0 bridgehead atoms. The summed E-state index contributed by atoms with van der Waals surface area (Å²) in [5.74, 6) is 0.266. The lowest BCUT2D eigenvalue weighted by Gasteiger charge is -2.10. The van der Waals surface area contributed by atoms with E-state index in [2.05, 4.69) is 21.9 Å². The maximum Gasteiger partial charge on any atom is 0.343 e. The monoisotopic (exact) mass is 564 g/mol. The molecule has 0 aliphatic rings. The fraction of sp³-hybridized carbons (Fsp3) is 0.212. The van der Waals surface area contributed by atoms with Crippen molar-refractivity contribution < 1.29 is 23.8 Å². The van der Waals surface area contributed by atoms with Crippen LogP contribution in [0.25, 0.3) is 10.8 Å². The van der Waals surface area contributed by atoms with Crippen LogP contribution in [0.15, 0.2) is 112 Å². The molecule has 0 saturated carbocycles. The fourth-order valence-corrected chi connectivity index (χ4v) is 4.02. The first-order valence-corrected chi connectivity index (χ1v) is 13.6. The average molecular weight is 565 g/mol. The first-order valence-electron chi connectivity index (χ1n) is 13.6. The molecule has 0 amide bonds. The Kier molecular flexibility index (Phi) is 10.6. The highest BCUT2D eigenvalue weighted by Gasteiger charge is 2.13. The van der Waals surface area contributed by atoms with Crippen molar-refractivity contribution in [2.24, 2.45) is 15.3 Å². The van der Waals surface area contributed by atoms with Gasteiger partial charge in [0, 0.05) is 16.3 Å². The lowest BCUT2D eigenvalue weighted by atomic mass is 10.1. The van der Waals surface area contributed by atoms with Gasteiger partial charge in [0.1, 0.15) is 11.5 Å². The van der Waals surface area contributed by atoms with Gasteiger partial charge in [-0.05, 0) is 93.3 Å². The molecular weight excluding hydrogens is 532 g/mol. The van der Waals surface area contributed by atoms with Gasteiger partial charge in [-0.25, -0.2) is 15.1 Å². The zero-order valence-corrected chi connectivity index (χ0v) is 23.4. The second-order valence-electron chi connectivity index (χ2n) is 9.55. The summed E-state index contributed by atoms with van der Waals surface area (Å²) in [6, 6.07) is 24.7. The third-order valence-electron chi connectivity index (χ3n) is 6.29. The summed E-state index contributed by atoms with van der Waals surface area (Å²) in [6.45, 7) is 6.14. The predicted octanol–water partition coefficient (Wildman–Crippen LogP) is 9.20. The van der Waals surface area contributed by atoms with Crippen LogP contribution in [0, 0.1) is 5.53 Å². The topological polar surface area (TPSA) is 123 Å². The van der Waals surface area contributed by atoms with Gasteiger partial charge >= 0.3 is 11.9 Å². The van der Waals surface area contributed by atoms with E-state index in [4.69, 9.17) is 19.7 Å². The number of hydrogen-bond acceptors (Lipinski definition) is 9. The van der Waals surface area contributed by atoms with Gasteiger partial charge in [-0.1, -0.05) is 30.8 Å². The number of fused-ring (bicyclic) bond motifs is 1. The summed E-state index contributed by atoms with van der Waals surface area (Å²) >= 11 is 0. The van der Waals surface area contributed by atoms with Crippen LogP contribution in [0.4, 0.5) is 17.1 Å². The van der Waals surface area contributed by atoms with Crippen molar-refractivity contribution in [3.8, 4) is 11.5 Å². The molecular formula is C33H32N4O5. The van der Waals surface area contributed by atoms with Crippen LogP contribution >= 0.6 is 0 Å². The molecule has 0 heterocycles. The van der Waals surface area contributed by atoms with Crippen molar-refractivity contribution in [3.05, 3.63) is 103 Å². The fourth-order valence-electron chi connectivity index (χ4n) is 4.02. The van der Waals surface area contributed by atoms with E-state index in [1.54, 1.807) is 67.6 Å². The van der Waals surface area contributed by atoms with Crippen molar-refractivity contribution in [3.63, 3.8) is 0 Å². The minimum Gasteiger partial charge on any atom is -0.494 e. The molecule has 4 aromatic rings. The zero-order valence-electron chi connectivity index (χ0n) is 23.4. The van der Waals surface area contributed by atoms with Gasteiger partial charge in [-0.2, -0.15) is 10.2 Å². The third kappa shape index (κ3) is 8.41. The summed E-state index contributed by atoms with van der Waals surface area (Å²) in [4.78, 5) is 24.3. The number of nitrogens with zero attached hydrogens (tertiary/aromatic N) is 3. The maximum atomic E-state index is 12.9. The molecule has 0 aliphatic carbocycles. The lowest BCUT2D eigenvalue weighted by molar-refractivity contribution is -0.139. The Morgan fingerprint density at radius 3 is 2.12 bits per heavy atom. The van der Waals surface area contributed by atoms with Gasteiger partial charge in [-0.15, -0.1) is 5.11 Å². The van der Waals surface area contributed by atoms with Crippen molar-refractivity contribution in [1.82, 2.24) is 0 Å². The average Bonchev–Trinajstić information content (AvgIpc) is 3.02. The van der Waals surface area contributed by atoms with Crippen LogP contribution in [0.2, 0.25) is 0 Å². The number of unbranched alkanes of at least 4 members (excludes halogenated alkanes) is 3. The summed E-state index contributed by atoms with van der Waals surface area (Å²) in [7, 11) is 0. The highest BCUT2D eigenvalue weighted by atomic mass is 16.5. The third-order valence-corrected chi connectivity index (χ3v) is 6.29. The molecule has 0 aliphatic heterocycles. The van der Waals surface area contributed by atoms with E-state index in [0.29, 0.717) is 52.9 Å². The Hall–Kier alpha value is -5.18. The highest BCUT2D eigenvalue weighted by molar-refractivity contribution is 5.99. The largest absolute Gasteiger partial charge is 0.494 e. The van der Waals surface area contributed by atoms with Crippen molar-refractivity contribution >= 4 is 39.8 Å². The summed E-state index contributed by atoms with van der Waals surface area (Å²) in [5, 5.41) is 13.6. The van der Waals surface area contributed by atoms with E-state index in [1.165, 1.54) is 0 Å². The molecule has 4 aromatic carbocycles. The van der Waals surface area contributed by atoms with Gasteiger partial charge in [0.05, 0.1) is 35.8 Å². The first kappa shape index (κ1) is 29.8. The maximum absolute atomic E-state index is 12.9. The standard InChI is InChI=1S/C33H32N4O5/c1-23(2)32(38)41-22-8-4-3-7-21-40-27-17-11-24(12-18-27)33(39)42-31-20-19-30(28-9-5-6-10-29(28)31)37-36-26-15-13-25(35-34)14-16-26/h5-6,9-20,34H,1,3-4,7-8,21-22H2,2H3. The summed E-state index contributed by atoms with van der Waals surface area (Å²) in [5.41, 5.74) is 9.68. The Morgan fingerprint density at radius 1 is 0.762 bits per heavy atom. The van der Waals surface area contributed by atoms with E-state index in [0.717, 1.165) is 36.5 Å². The minimum absolute atomic E-state index is 0.350. The van der Waals surface area contributed by atoms with Crippen LogP contribution in [0.5, 0.6) is 11.5 Å². The Labute approximate surface area is 244 Å². The van der Waals surface area contributed by atoms with Gasteiger partial charge < -0.3 is 14.2 Å². The smallest absolute Gasteiger partial charge is 0.343 e. The molecule has 0 radical (unpaired) electrons. The van der Waals surface area contributed by atoms with E-state index in [1.807, 2.05) is 24.3 Å². The Bertz CT molecular complexity index is 1580. The first-order chi connectivity index (χ1) is 20.4. The summed E-state index contributed by atoms with van der Waals surface area (Å²) < 4.78 is 16.6. The second-order valence-corrected chi connectivity index (χ2v) is 9.55. The van der Waals surface area contributed by atoms with Crippen LogP contribution in [-0.2, 0) is 9.53 Å². The molecule has 42 heavy (non-hydrogen) atoms. The predicted molar refractivity (Wildman–Crippen MR) is 161 cm³/mol. The number of carbonyl (C=O) groups excluding carboxylic acids is 2. The van der Waals surface area contributed by atoms with Crippen LogP contribution in [0.3, 0.4) is 0 Å². The number of carbonyl (C=O) groups is 2. The van der Waals surface area contributed by atoms with E-state index < -0.39 is 5.97 Å². The Balaban J connectivity index is 1.29. The number of esters is 2. The molecule has 0 aromatic heterocycles. The highest BCUT2D eigenvalue weighted by Crippen LogP contribution is 2.35. The van der Waals surface area contributed by atoms with Crippen LogP contribution < -0.4 is 9.47 Å². The van der Waals surface area contributed by atoms with E-state index >= 15 is 0 Å². The van der Waals surface area contributed by atoms with Crippen molar-refractivity contribution in [2.45, 2.75) is 32.6 Å². The van der Waals surface area contributed by atoms with Gasteiger partial charge in [-0.3, -0.25) is 0 Å². The zero-order chi connectivity index (χ0) is 29.7. The van der Waals surface area contributed by atoms with E-state index in [-0.39, 0.29) is 5.97 Å². The molecule has 0 fully saturated rings. The molecule has 4 rings (SSSR count). The van der Waals surface area contributed by atoms with Crippen LogP contribution in [0.1, 0.15) is 43.0 Å². The van der Waals surface area contributed by atoms with Gasteiger partial charge in [0.15, 0.2) is 0 Å². The summed E-state index contributed by atoms with van der Waals surface area (Å²) in [6.07, 6.45) is 3.57. The molecule has 1 N–H and O–H groups in total. The molecule has 9 nitrogen and oxygen atoms in total. The number of nitrogens with one attached hydrogen (secondary N) is 1. The minimum atomic E-state index is -0.478. The molecule has 9 heteroatoms. The quantitative estimate of drug-likeness (QED) is 0.0537. The number of azo groups is 1. The molecule has 0 unspecified atom stereocenters. The second kappa shape index (κ2) is 15.0. The van der Waals surface area contributed by atoms with Crippen molar-refractivity contribution in [1.29, 1.82) is 5.53 Å². The van der Waals surface area contributed by atoms with E-state index in [9.17, 15) is 9.59 Å². The Morgan fingerprint density at radius 2 is 1.43 bits per heavy atom. The SMILES string of the molecule is C=C(C)C(=O)OCCCCCCOc1ccc(C(=O)Oc2ccc(N=Nc3ccc(N=N)cc3)c3ccccc23)cc1. The lowest BCUT2D eigenvalue weighted by Crippen LogP contribution is -2.08. The molecule has 0 atom stereocenters. The number of hydrogen-bond donors (Lipinski definition) is 1. The molecule has 0 spiro atoms. The van der Waals surface area contributed by atoms with Crippen molar-refractivity contribution in [2.75, 3.05) is 13.2 Å².